The van der Waals surface area contributed by atoms with Crippen molar-refractivity contribution in [2.24, 2.45) is 10.5 Å². The van der Waals surface area contributed by atoms with Crippen LogP contribution in [0, 0.1) is 5.41 Å². The predicted molar refractivity (Wildman–Crippen MR) is 77.1 cm³/mol. The van der Waals surface area contributed by atoms with E-state index in [1.807, 2.05) is 18.2 Å². The Morgan fingerprint density at radius 2 is 2.00 bits per heavy atom. The molecule has 0 saturated carbocycles. The van der Waals surface area contributed by atoms with E-state index in [2.05, 4.69) is 24.4 Å². The van der Waals surface area contributed by atoms with Crippen molar-refractivity contribution in [1.29, 1.82) is 0 Å². The second-order valence-electron chi connectivity index (χ2n) is 5.18. The summed E-state index contributed by atoms with van der Waals surface area (Å²) in [5.74, 6) is 1.49. The normalized spacial score (nSPS) is 21.8. The van der Waals surface area contributed by atoms with Crippen LogP contribution in [-0.2, 0) is 0 Å². The van der Waals surface area contributed by atoms with Crippen molar-refractivity contribution in [3.05, 3.63) is 23.8 Å². The SMILES string of the molecule is CCCC1(C)CNN=C1c1ccc(OC)c(OC)c1. The topological polar surface area (TPSA) is 42.9 Å². The first-order valence-corrected chi connectivity index (χ1v) is 6.68. The molecule has 1 N–H and O–H groups in total. The molecule has 2 rings (SSSR count). The summed E-state index contributed by atoms with van der Waals surface area (Å²) in [6, 6.07) is 5.97. The molecule has 0 spiro atoms. The molecule has 1 aromatic rings. The number of hydrazone groups is 1. The second-order valence-corrected chi connectivity index (χ2v) is 5.18. The van der Waals surface area contributed by atoms with Crippen LogP contribution in [0.2, 0.25) is 0 Å². The predicted octanol–water partition coefficient (Wildman–Crippen LogP) is 2.82. The summed E-state index contributed by atoms with van der Waals surface area (Å²) in [6.45, 7) is 5.35. The van der Waals surface area contributed by atoms with Crippen molar-refractivity contribution in [2.75, 3.05) is 20.8 Å². The van der Waals surface area contributed by atoms with Crippen LogP contribution in [0.1, 0.15) is 32.3 Å². The maximum Gasteiger partial charge on any atom is 0.161 e. The van der Waals surface area contributed by atoms with E-state index in [9.17, 15) is 0 Å². The number of nitrogens with zero attached hydrogens (tertiary/aromatic N) is 1. The fraction of sp³-hybridized carbons (Fsp3) is 0.533. The first kappa shape index (κ1) is 13.7. The van der Waals surface area contributed by atoms with Crippen molar-refractivity contribution in [2.45, 2.75) is 26.7 Å². The lowest BCUT2D eigenvalue weighted by Crippen LogP contribution is -2.29. The third kappa shape index (κ3) is 2.53. The first-order valence-electron chi connectivity index (χ1n) is 6.68. The van der Waals surface area contributed by atoms with E-state index in [0.29, 0.717) is 0 Å². The molecule has 0 radical (unpaired) electrons. The number of rotatable bonds is 5. The van der Waals surface area contributed by atoms with Crippen LogP contribution in [0.4, 0.5) is 0 Å². The Hall–Kier alpha value is -1.71. The monoisotopic (exact) mass is 262 g/mol. The average Bonchev–Trinajstić information content (AvgIpc) is 2.80. The number of hydrogen-bond acceptors (Lipinski definition) is 4. The minimum absolute atomic E-state index is 0.0916. The molecule has 0 amide bonds. The van der Waals surface area contributed by atoms with Crippen LogP contribution in [0.5, 0.6) is 11.5 Å². The molecular formula is C15H22N2O2. The molecule has 4 heteroatoms. The van der Waals surface area contributed by atoms with Gasteiger partial charge in [-0.05, 0) is 24.6 Å². The molecule has 1 aliphatic rings. The summed E-state index contributed by atoms with van der Waals surface area (Å²) in [5.41, 5.74) is 5.42. The highest BCUT2D eigenvalue weighted by molar-refractivity contribution is 6.06. The summed E-state index contributed by atoms with van der Waals surface area (Å²) in [4.78, 5) is 0. The molecule has 0 fully saturated rings. The number of benzene rings is 1. The van der Waals surface area contributed by atoms with Gasteiger partial charge >= 0.3 is 0 Å². The Kier molecular flexibility index (Phi) is 3.98. The van der Waals surface area contributed by atoms with Gasteiger partial charge in [0.2, 0.25) is 0 Å². The standard InChI is InChI=1S/C15H22N2O2/c1-5-8-15(2)10-16-17-14(15)11-6-7-12(18-3)13(9-11)19-4/h6-7,9,16H,5,8,10H2,1-4H3. The van der Waals surface area contributed by atoms with Crippen LogP contribution >= 0.6 is 0 Å². The fourth-order valence-electron chi connectivity index (χ4n) is 2.67. The summed E-state index contributed by atoms with van der Waals surface area (Å²) in [5, 5.41) is 4.48. The van der Waals surface area contributed by atoms with Crippen molar-refractivity contribution in [3.8, 4) is 11.5 Å². The zero-order valence-corrected chi connectivity index (χ0v) is 12.1. The van der Waals surface area contributed by atoms with Gasteiger partial charge in [0.1, 0.15) is 0 Å². The summed E-state index contributed by atoms with van der Waals surface area (Å²) in [6.07, 6.45) is 2.26. The lowest BCUT2D eigenvalue weighted by atomic mass is 9.78. The quantitative estimate of drug-likeness (QED) is 0.887. The number of hydrogen-bond donors (Lipinski definition) is 1. The molecule has 0 bridgehead atoms. The van der Waals surface area contributed by atoms with E-state index in [1.54, 1.807) is 14.2 Å². The minimum atomic E-state index is 0.0916. The first-order chi connectivity index (χ1) is 9.14. The zero-order chi connectivity index (χ0) is 13.9. The van der Waals surface area contributed by atoms with Gasteiger partial charge in [-0.3, -0.25) is 0 Å². The smallest absolute Gasteiger partial charge is 0.161 e. The largest absolute Gasteiger partial charge is 0.493 e. The molecule has 19 heavy (non-hydrogen) atoms. The lowest BCUT2D eigenvalue weighted by molar-refractivity contribution is 0.355. The highest BCUT2D eigenvalue weighted by Crippen LogP contribution is 2.35. The van der Waals surface area contributed by atoms with Crippen molar-refractivity contribution in [3.63, 3.8) is 0 Å². The summed E-state index contributed by atoms with van der Waals surface area (Å²) >= 11 is 0. The van der Waals surface area contributed by atoms with Gasteiger partial charge in [0, 0.05) is 17.5 Å². The maximum absolute atomic E-state index is 5.36. The molecule has 1 heterocycles. The van der Waals surface area contributed by atoms with E-state index < -0.39 is 0 Å². The van der Waals surface area contributed by atoms with Crippen LogP contribution in [0.25, 0.3) is 0 Å². The molecule has 1 unspecified atom stereocenters. The Balaban J connectivity index is 2.36. The van der Waals surface area contributed by atoms with Crippen LogP contribution in [0.15, 0.2) is 23.3 Å². The molecule has 1 aromatic carbocycles. The Labute approximate surface area is 114 Å². The maximum atomic E-state index is 5.36. The fourth-order valence-corrected chi connectivity index (χ4v) is 2.67. The van der Waals surface area contributed by atoms with E-state index >= 15 is 0 Å². The molecule has 1 aliphatic heterocycles. The van der Waals surface area contributed by atoms with E-state index in [-0.39, 0.29) is 5.41 Å². The average molecular weight is 262 g/mol. The van der Waals surface area contributed by atoms with Crippen LogP contribution in [0.3, 0.4) is 0 Å². The number of methoxy groups -OCH3 is 2. The van der Waals surface area contributed by atoms with E-state index in [4.69, 9.17) is 9.47 Å². The Morgan fingerprint density at radius 1 is 1.26 bits per heavy atom. The van der Waals surface area contributed by atoms with Gasteiger partial charge in [0.25, 0.3) is 0 Å². The van der Waals surface area contributed by atoms with E-state index in [1.165, 1.54) is 0 Å². The number of nitrogens with one attached hydrogen (secondary N) is 1. The highest BCUT2D eigenvalue weighted by atomic mass is 16.5. The number of ether oxygens (including phenoxy) is 2. The zero-order valence-electron chi connectivity index (χ0n) is 12.1. The van der Waals surface area contributed by atoms with Crippen LogP contribution in [-0.4, -0.2) is 26.5 Å². The third-order valence-electron chi connectivity index (χ3n) is 3.69. The van der Waals surface area contributed by atoms with Crippen LogP contribution < -0.4 is 14.9 Å². The lowest BCUT2D eigenvalue weighted by Gasteiger charge is -2.24. The van der Waals surface area contributed by atoms with Gasteiger partial charge < -0.3 is 14.9 Å². The highest BCUT2D eigenvalue weighted by Gasteiger charge is 2.35. The molecule has 4 nitrogen and oxygen atoms in total. The third-order valence-corrected chi connectivity index (χ3v) is 3.69. The second kappa shape index (κ2) is 5.51. The molecule has 1 atom stereocenters. The van der Waals surface area contributed by atoms with Crippen molar-refractivity contribution >= 4 is 5.71 Å². The Bertz CT molecular complexity index is 485. The molecule has 104 valence electrons. The van der Waals surface area contributed by atoms with Crippen molar-refractivity contribution in [1.82, 2.24) is 5.43 Å². The summed E-state index contributed by atoms with van der Waals surface area (Å²) < 4.78 is 10.6. The van der Waals surface area contributed by atoms with Gasteiger partial charge in [-0.25, -0.2) is 0 Å². The molecule has 0 saturated heterocycles. The minimum Gasteiger partial charge on any atom is -0.493 e. The summed E-state index contributed by atoms with van der Waals surface area (Å²) in [7, 11) is 3.30. The van der Waals surface area contributed by atoms with Gasteiger partial charge in [0.15, 0.2) is 11.5 Å². The molecule has 0 aromatic heterocycles. The van der Waals surface area contributed by atoms with E-state index in [0.717, 1.165) is 42.2 Å². The Morgan fingerprint density at radius 3 is 2.63 bits per heavy atom. The van der Waals surface area contributed by atoms with Gasteiger partial charge in [-0.2, -0.15) is 5.10 Å². The van der Waals surface area contributed by atoms with Gasteiger partial charge in [-0.15, -0.1) is 0 Å². The van der Waals surface area contributed by atoms with Gasteiger partial charge in [0.05, 0.1) is 19.9 Å². The molecular weight excluding hydrogens is 240 g/mol. The van der Waals surface area contributed by atoms with Gasteiger partial charge in [-0.1, -0.05) is 20.3 Å². The van der Waals surface area contributed by atoms with Crippen molar-refractivity contribution < 1.29 is 9.47 Å². The molecule has 0 aliphatic carbocycles.